The molecule has 0 aromatic heterocycles. The van der Waals surface area contributed by atoms with Crippen LogP contribution in [0.25, 0.3) is 10.8 Å². The van der Waals surface area contributed by atoms with E-state index in [4.69, 9.17) is 27.9 Å². The number of phenols is 1. The van der Waals surface area contributed by atoms with Gasteiger partial charge in [0.15, 0.2) is 0 Å². The van der Waals surface area contributed by atoms with Crippen molar-refractivity contribution in [2.24, 2.45) is 23.7 Å². The molecule has 2 N–H and O–H groups in total. The van der Waals surface area contributed by atoms with Crippen LogP contribution in [0.1, 0.15) is 42.4 Å². The zero-order valence-corrected chi connectivity index (χ0v) is 32.1. The van der Waals surface area contributed by atoms with Gasteiger partial charge < -0.3 is 9.84 Å². The van der Waals surface area contributed by atoms with Gasteiger partial charge in [-0.05, 0) is 95.6 Å². The predicted molar refractivity (Wildman–Crippen MR) is 215 cm³/mol. The Morgan fingerprint density at radius 3 is 2.32 bits per heavy atom. The number of carbonyl (C=O) groups excluding carboxylic acids is 4. The molecule has 0 radical (unpaired) electrons. The van der Waals surface area contributed by atoms with Gasteiger partial charge in [0.05, 0.1) is 46.7 Å². The standard InChI is InChI=1S/C45H37Cl2N3O6/c1-3-24-8-14-28(15-9-24)49-41(52)32-19-18-31-33(38(32)43(49)54)23-34-42(53)50(48-36-20-13-27(46)22-35(36)47)44(55)45(34,26-11-16-29(56-2)17-12-26)40(31)39-30-7-5-4-6-25(30)10-21-37(39)51/h4-18,20-22,32-34,38,40,48,51H,3,19,23H2,1-2H3. The lowest BCUT2D eigenvalue weighted by Gasteiger charge is -2.51. The molecule has 9 nitrogen and oxygen atoms in total. The van der Waals surface area contributed by atoms with Crippen molar-refractivity contribution < 1.29 is 29.0 Å². The van der Waals surface area contributed by atoms with Crippen LogP contribution in [0, 0.1) is 23.7 Å². The third-order valence-electron chi connectivity index (χ3n) is 12.4. The number of methoxy groups -OCH3 is 1. The number of nitrogens with zero attached hydrogens (tertiary/aromatic N) is 2. The largest absolute Gasteiger partial charge is 0.508 e. The molecule has 2 aliphatic heterocycles. The molecule has 4 aliphatic rings. The number of hydrogen-bond donors (Lipinski definition) is 2. The Kier molecular flexibility index (Phi) is 8.71. The van der Waals surface area contributed by atoms with Crippen LogP contribution in [0.15, 0.2) is 115 Å². The van der Waals surface area contributed by atoms with Gasteiger partial charge in [0.2, 0.25) is 11.8 Å². The highest BCUT2D eigenvalue weighted by atomic mass is 35.5. The van der Waals surface area contributed by atoms with Crippen LogP contribution in [0.2, 0.25) is 10.0 Å². The Bertz CT molecular complexity index is 2500. The van der Waals surface area contributed by atoms with E-state index in [9.17, 15) is 14.7 Å². The molecule has 0 spiro atoms. The summed E-state index contributed by atoms with van der Waals surface area (Å²) in [5, 5.41) is 15.2. The first-order chi connectivity index (χ1) is 27.1. The summed E-state index contributed by atoms with van der Waals surface area (Å²) in [6.45, 7) is 2.04. The lowest BCUT2D eigenvalue weighted by Crippen LogP contribution is -2.53. The highest BCUT2D eigenvalue weighted by Gasteiger charge is 2.71. The number of anilines is 2. The number of allylic oxidation sites excluding steroid dienone is 2. The molecule has 282 valence electrons. The lowest BCUT2D eigenvalue weighted by atomic mass is 9.48. The van der Waals surface area contributed by atoms with E-state index in [1.54, 1.807) is 61.7 Å². The smallest absolute Gasteiger partial charge is 0.260 e. The van der Waals surface area contributed by atoms with Crippen molar-refractivity contribution in [3.8, 4) is 11.5 Å². The van der Waals surface area contributed by atoms with Gasteiger partial charge in [-0.3, -0.25) is 29.5 Å². The van der Waals surface area contributed by atoms with E-state index in [1.165, 1.54) is 11.0 Å². The average molecular weight is 787 g/mol. The molecular weight excluding hydrogens is 749 g/mol. The van der Waals surface area contributed by atoms with Gasteiger partial charge in [0, 0.05) is 16.5 Å². The van der Waals surface area contributed by atoms with Gasteiger partial charge in [0.1, 0.15) is 11.5 Å². The molecule has 2 aliphatic carbocycles. The molecule has 11 heteroatoms. The summed E-state index contributed by atoms with van der Waals surface area (Å²) in [4.78, 5) is 61.0. The number of imide groups is 2. The molecule has 0 bridgehead atoms. The van der Waals surface area contributed by atoms with Crippen LogP contribution >= 0.6 is 23.2 Å². The second-order valence-electron chi connectivity index (χ2n) is 15.0. The minimum atomic E-state index is -1.62. The molecule has 3 fully saturated rings. The number of phenolic OH excluding ortho intramolecular Hbond substituents is 1. The molecule has 9 rings (SSSR count). The number of rotatable bonds is 7. The van der Waals surface area contributed by atoms with E-state index in [0.717, 1.165) is 28.0 Å². The number of ether oxygens (including phenoxy) is 1. The van der Waals surface area contributed by atoms with E-state index >= 15 is 9.59 Å². The highest BCUT2D eigenvalue weighted by Crippen LogP contribution is 2.65. The first-order valence-corrected chi connectivity index (χ1v) is 19.5. The van der Waals surface area contributed by atoms with Crippen molar-refractivity contribution in [1.29, 1.82) is 0 Å². The maximum atomic E-state index is 15.7. The summed E-state index contributed by atoms with van der Waals surface area (Å²) in [5.74, 6) is -5.22. The predicted octanol–water partition coefficient (Wildman–Crippen LogP) is 8.61. The summed E-state index contributed by atoms with van der Waals surface area (Å²) < 4.78 is 5.51. The molecule has 6 atom stereocenters. The topological polar surface area (TPSA) is 116 Å². The molecule has 2 heterocycles. The fraction of sp³-hybridized carbons (Fsp3) is 0.244. The van der Waals surface area contributed by atoms with E-state index in [2.05, 4.69) is 5.43 Å². The number of hydrazine groups is 1. The average Bonchev–Trinajstić information content (AvgIpc) is 3.59. The molecular formula is C45H37Cl2N3O6. The van der Waals surface area contributed by atoms with Gasteiger partial charge in [-0.25, -0.2) is 0 Å². The second kappa shape index (κ2) is 13.5. The number of nitrogens with one attached hydrogen (secondary N) is 1. The van der Waals surface area contributed by atoms with Crippen LogP contribution in [-0.4, -0.2) is 40.9 Å². The summed E-state index contributed by atoms with van der Waals surface area (Å²) >= 11 is 12.8. The summed E-state index contributed by atoms with van der Waals surface area (Å²) in [7, 11) is 1.55. The highest BCUT2D eigenvalue weighted by molar-refractivity contribution is 6.36. The molecule has 5 aromatic rings. The van der Waals surface area contributed by atoms with Crippen LogP contribution in [0.5, 0.6) is 11.5 Å². The van der Waals surface area contributed by atoms with Gasteiger partial charge >= 0.3 is 0 Å². The van der Waals surface area contributed by atoms with Crippen molar-refractivity contribution in [2.45, 2.75) is 37.5 Å². The number of benzene rings is 5. The number of halogens is 2. The zero-order chi connectivity index (χ0) is 39.0. The Morgan fingerprint density at radius 2 is 1.61 bits per heavy atom. The van der Waals surface area contributed by atoms with E-state index < -0.39 is 46.8 Å². The van der Waals surface area contributed by atoms with Gasteiger partial charge in [-0.1, -0.05) is 96.4 Å². The third kappa shape index (κ3) is 5.20. The molecule has 6 unspecified atom stereocenters. The number of amides is 4. The number of aromatic hydroxyl groups is 1. The minimum absolute atomic E-state index is 0.0529. The molecule has 1 saturated carbocycles. The quantitative estimate of drug-likeness (QED) is 0.125. The van der Waals surface area contributed by atoms with Crippen LogP contribution in [0.3, 0.4) is 0 Å². The zero-order valence-electron chi connectivity index (χ0n) is 30.5. The fourth-order valence-electron chi connectivity index (χ4n) is 9.88. The van der Waals surface area contributed by atoms with Crippen LogP contribution in [-0.2, 0) is 31.0 Å². The number of hydrogen-bond acceptors (Lipinski definition) is 7. The van der Waals surface area contributed by atoms with Crippen LogP contribution in [0.4, 0.5) is 11.4 Å². The van der Waals surface area contributed by atoms with Crippen molar-refractivity contribution in [1.82, 2.24) is 5.01 Å². The molecule has 5 aromatic carbocycles. The second-order valence-corrected chi connectivity index (χ2v) is 15.8. The van der Waals surface area contributed by atoms with Crippen molar-refractivity contribution >= 4 is 69.0 Å². The molecule has 4 amide bonds. The molecule has 2 saturated heterocycles. The Morgan fingerprint density at radius 1 is 0.857 bits per heavy atom. The Balaban J connectivity index is 1.28. The summed E-state index contributed by atoms with van der Waals surface area (Å²) in [6, 6.07) is 30.3. The normalized spacial score (nSPS) is 25.6. The van der Waals surface area contributed by atoms with Gasteiger partial charge in [-0.15, -0.1) is 0 Å². The van der Waals surface area contributed by atoms with E-state index in [1.807, 2.05) is 55.5 Å². The Hall–Kier alpha value is -5.64. The Labute approximate surface area is 333 Å². The monoisotopic (exact) mass is 785 g/mol. The number of aryl methyl sites for hydroxylation is 1. The lowest BCUT2D eigenvalue weighted by molar-refractivity contribution is -0.138. The third-order valence-corrected chi connectivity index (χ3v) is 13.0. The van der Waals surface area contributed by atoms with Crippen molar-refractivity contribution in [3.05, 3.63) is 142 Å². The van der Waals surface area contributed by atoms with Gasteiger partial charge in [-0.2, -0.15) is 5.01 Å². The van der Waals surface area contributed by atoms with E-state index in [-0.39, 0.29) is 35.4 Å². The van der Waals surface area contributed by atoms with E-state index in [0.29, 0.717) is 38.7 Å². The van der Waals surface area contributed by atoms with Crippen LogP contribution < -0.4 is 15.1 Å². The SMILES string of the molecule is CCc1ccc(N2C(=O)C3CC=C4C(CC5C(=O)N(Nc6ccc(Cl)cc6Cl)C(=O)C5(c5ccc(OC)cc5)C4c4c(O)ccc5ccccc45)C3C2=O)cc1. The maximum Gasteiger partial charge on any atom is 0.260 e. The maximum absolute atomic E-state index is 15.7. The van der Waals surface area contributed by atoms with Gasteiger partial charge in [0.25, 0.3) is 11.8 Å². The first kappa shape index (κ1) is 36.0. The van der Waals surface area contributed by atoms with Crippen molar-refractivity contribution in [2.75, 3.05) is 17.4 Å². The summed E-state index contributed by atoms with van der Waals surface area (Å²) in [5.41, 5.74) is 5.03. The molecule has 56 heavy (non-hydrogen) atoms. The number of fused-ring (bicyclic) bond motifs is 5. The fourth-order valence-corrected chi connectivity index (χ4v) is 10.3. The number of carbonyl (C=O) groups is 4. The minimum Gasteiger partial charge on any atom is -0.508 e. The first-order valence-electron chi connectivity index (χ1n) is 18.7. The summed E-state index contributed by atoms with van der Waals surface area (Å²) in [6.07, 6.45) is 3.14. The van der Waals surface area contributed by atoms with Crippen molar-refractivity contribution in [3.63, 3.8) is 0 Å².